The minimum absolute atomic E-state index is 0.174. The molecule has 2 nitrogen and oxygen atoms in total. The zero-order chi connectivity index (χ0) is 12.7. The van der Waals surface area contributed by atoms with Crippen LogP contribution in [0.15, 0.2) is 24.3 Å². The van der Waals surface area contributed by atoms with Crippen LogP contribution >= 0.6 is 0 Å². The van der Waals surface area contributed by atoms with Gasteiger partial charge >= 0.3 is 0 Å². The molecule has 96 valence electrons. The summed E-state index contributed by atoms with van der Waals surface area (Å²) in [5, 5.41) is 0. The summed E-state index contributed by atoms with van der Waals surface area (Å²) in [4.78, 5) is 0. The van der Waals surface area contributed by atoms with Crippen molar-refractivity contribution in [1.29, 1.82) is 0 Å². The number of hydrogen-bond donors (Lipinski definition) is 1. The van der Waals surface area contributed by atoms with Gasteiger partial charge in [0.2, 0.25) is 0 Å². The lowest BCUT2D eigenvalue weighted by Crippen LogP contribution is -2.19. The van der Waals surface area contributed by atoms with Crippen LogP contribution in [0, 0.1) is 5.92 Å². The lowest BCUT2D eigenvalue weighted by atomic mass is 10.0. The average Bonchev–Trinajstić information content (AvgIpc) is 2.31. The molecular formula is C15H25NO. The first-order chi connectivity index (χ1) is 8.17. The van der Waals surface area contributed by atoms with Crippen LogP contribution in [0.1, 0.15) is 39.2 Å². The van der Waals surface area contributed by atoms with Crippen molar-refractivity contribution >= 4 is 0 Å². The molecule has 0 saturated carbocycles. The third-order valence-electron chi connectivity index (χ3n) is 3.14. The van der Waals surface area contributed by atoms with Crippen LogP contribution < -0.4 is 10.5 Å². The Kier molecular flexibility index (Phi) is 6.06. The van der Waals surface area contributed by atoms with Crippen molar-refractivity contribution in [3.8, 4) is 5.75 Å². The van der Waals surface area contributed by atoms with E-state index in [9.17, 15) is 0 Å². The molecule has 0 spiro atoms. The van der Waals surface area contributed by atoms with Crippen LogP contribution in [-0.4, -0.2) is 12.6 Å². The van der Waals surface area contributed by atoms with E-state index in [1.54, 1.807) is 0 Å². The molecule has 0 aromatic heterocycles. The second kappa shape index (κ2) is 7.33. The molecule has 2 N–H and O–H groups in total. The van der Waals surface area contributed by atoms with Crippen molar-refractivity contribution in [2.24, 2.45) is 11.7 Å². The van der Waals surface area contributed by atoms with Gasteiger partial charge in [0.15, 0.2) is 0 Å². The van der Waals surface area contributed by atoms with Gasteiger partial charge in [-0.3, -0.25) is 0 Å². The highest BCUT2D eigenvalue weighted by molar-refractivity contribution is 5.33. The molecule has 0 radical (unpaired) electrons. The third-order valence-corrected chi connectivity index (χ3v) is 3.14. The molecule has 1 aromatic carbocycles. The molecule has 1 aromatic rings. The van der Waals surface area contributed by atoms with Crippen molar-refractivity contribution in [2.45, 2.75) is 46.1 Å². The van der Waals surface area contributed by atoms with Gasteiger partial charge in [0.05, 0.1) is 6.61 Å². The minimum Gasteiger partial charge on any atom is -0.493 e. The fourth-order valence-corrected chi connectivity index (χ4v) is 1.89. The first-order valence-electron chi connectivity index (χ1n) is 6.63. The summed E-state index contributed by atoms with van der Waals surface area (Å²) in [6.45, 7) is 7.26. The smallest absolute Gasteiger partial charge is 0.122 e. The number of ether oxygens (including phenoxy) is 1. The molecular weight excluding hydrogens is 210 g/mol. The van der Waals surface area contributed by atoms with E-state index < -0.39 is 0 Å². The van der Waals surface area contributed by atoms with E-state index >= 15 is 0 Å². The zero-order valence-corrected chi connectivity index (χ0v) is 11.3. The molecule has 1 unspecified atom stereocenters. The number of hydrogen-bond acceptors (Lipinski definition) is 2. The summed E-state index contributed by atoms with van der Waals surface area (Å²) in [6.07, 6.45) is 3.22. The summed E-state index contributed by atoms with van der Waals surface area (Å²) in [5.74, 6) is 1.65. The van der Waals surface area contributed by atoms with Crippen molar-refractivity contribution in [2.75, 3.05) is 6.61 Å². The summed E-state index contributed by atoms with van der Waals surface area (Å²) in [5.41, 5.74) is 7.06. The molecule has 0 amide bonds. The van der Waals surface area contributed by atoms with E-state index in [1.807, 2.05) is 25.1 Å². The maximum atomic E-state index is 5.93. The first-order valence-corrected chi connectivity index (χ1v) is 6.63. The predicted octanol–water partition coefficient (Wildman–Crippen LogP) is 3.39. The van der Waals surface area contributed by atoms with Gasteiger partial charge < -0.3 is 10.5 Å². The Labute approximate surface area is 105 Å². The Morgan fingerprint density at radius 2 is 1.82 bits per heavy atom. The fraction of sp³-hybridized carbons (Fsp3) is 0.600. The standard InChI is InChI=1S/C15H25NO/c1-4-13(5-2)11-17-15-9-7-6-8-14(15)10-12(3)16/h6-9,12-13H,4-5,10-11,16H2,1-3H3. The van der Waals surface area contributed by atoms with Crippen molar-refractivity contribution in [3.63, 3.8) is 0 Å². The molecule has 1 rings (SSSR count). The molecule has 0 bridgehead atoms. The molecule has 0 heterocycles. The Hall–Kier alpha value is -1.02. The molecule has 0 aliphatic carbocycles. The Balaban J connectivity index is 2.63. The molecule has 1 atom stereocenters. The topological polar surface area (TPSA) is 35.2 Å². The third kappa shape index (κ3) is 4.78. The lowest BCUT2D eigenvalue weighted by Gasteiger charge is -2.17. The Morgan fingerprint density at radius 3 is 2.41 bits per heavy atom. The van der Waals surface area contributed by atoms with Crippen molar-refractivity contribution in [1.82, 2.24) is 0 Å². The van der Waals surface area contributed by atoms with E-state index in [0.29, 0.717) is 5.92 Å². The highest BCUT2D eigenvalue weighted by atomic mass is 16.5. The van der Waals surface area contributed by atoms with Crippen LogP contribution in [-0.2, 0) is 6.42 Å². The quantitative estimate of drug-likeness (QED) is 0.786. The largest absolute Gasteiger partial charge is 0.493 e. The monoisotopic (exact) mass is 235 g/mol. The average molecular weight is 235 g/mol. The van der Waals surface area contributed by atoms with Gasteiger partial charge in [-0.15, -0.1) is 0 Å². The Bertz CT molecular complexity index is 318. The Morgan fingerprint density at radius 1 is 1.18 bits per heavy atom. The van der Waals surface area contributed by atoms with Gasteiger partial charge in [-0.05, 0) is 30.9 Å². The number of nitrogens with two attached hydrogens (primary N) is 1. The van der Waals surface area contributed by atoms with Gasteiger partial charge in [-0.1, -0.05) is 44.9 Å². The van der Waals surface area contributed by atoms with E-state index in [-0.39, 0.29) is 6.04 Å². The highest BCUT2D eigenvalue weighted by Crippen LogP contribution is 2.21. The number of para-hydroxylation sites is 1. The van der Waals surface area contributed by atoms with Crippen molar-refractivity contribution in [3.05, 3.63) is 29.8 Å². The SMILES string of the molecule is CCC(CC)COc1ccccc1CC(C)N. The van der Waals surface area contributed by atoms with Crippen LogP contribution in [0.25, 0.3) is 0 Å². The van der Waals surface area contributed by atoms with Gasteiger partial charge in [-0.25, -0.2) is 0 Å². The highest BCUT2D eigenvalue weighted by Gasteiger charge is 2.08. The van der Waals surface area contributed by atoms with Gasteiger partial charge in [0.25, 0.3) is 0 Å². The summed E-state index contributed by atoms with van der Waals surface area (Å²) >= 11 is 0. The summed E-state index contributed by atoms with van der Waals surface area (Å²) in [7, 11) is 0. The molecule has 0 fully saturated rings. The van der Waals surface area contributed by atoms with Crippen molar-refractivity contribution < 1.29 is 4.74 Å². The minimum atomic E-state index is 0.174. The zero-order valence-electron chi connectivity index (χ0n) is 11.3. The maximum Gasteiger partial charge on any atom is 0.122 e. The fourth-order valence-electron chi connectivity index (χ4n) is 1.89. The molecule has 2 heteroatoms. The number of benzene rings is 1. The summed E-state index contributed by atoms with van der Waals surface area (Å²) in [6, 6.07) is 8.38. The van der Waals surface area contributed by atoms with Crippen LogP contribution in [0.4, 0.5) is 0 Å². The normalized spacial score (nSPS) is 12.8. The second-order valence-electron chi connectivity index (χ2n) is 4.78. The van der Waals surface area contributed by atoms with Gasteiger partial charge in [0.1, 0.15) is 5.75 Å². The van der Waals surface area contributed by atoms with E-state index in [1.165, 1.54) is 18.4 Å². The van der Waals surface area contributed by atoms with Crippen LogP contribution in [0.2, 0.25) is 0 Å². The summed E-state index contributed by atoms with van der Waals surface area (Å²) < 4.78 is 5.93. The van der Waals surface area contributed by atoms with Crippen LogP contribution in [0.3, 0.4) is 0 Å². The van der Waals surface area contributed by atoms with E-state index in [0.717, 1.165) is 18.8 Å². The lowest BCUT2D eigenvalue weighted by molar-refractivity contribution is 0.238. The predicted molar refractivity (Wildman–Crippen MR) is 73.4 cm³/mol. The molecule has 17 heavy (non-hydrogen) atoms. The van der Waals surface area contributed by atoms with Gasteiger partial charge in [-0.2, -0.15) is 0 Å². The molecule has 0 aliphatic rings. The van der Waals surface area contributed by atoms with E-state index in [2.05, 4.69) is 19.9 Å². The molecule has 0 saturated heterocycles. The second-order valence-corrected chi connectivity index (χ2v) is 4.78. The first kappa shape index (κ1) is 14.0. The number of rotatable bonds is 7. The van der Waals surface area contributed by atoms with E-state index in [4.69, 9.17) is 10.5 Å². The van der Waals surface area contributed by atoms with Crippen LogP contribution in [0.5, 0.6) is 5.75 Å². The van der Waals surface area contributed by atoms with Gasteiger partial charge in [0, 0.05) is 6.04 Å². The maximum absolute atomic E-state index is 5.93. The molecule has 0 aliphatic heterocycles.